The van der Waals surface area contributed by atoms with Crippen molar-refractivity contribution >= 4 is 23.3 Å². The van der Waals surface area contributed by atoms with Gasteiger partial charge in [-0.2, -0.15) is 18.4 Å². The van der Waals surface area contributed by atoms with E-state index in [0.717, 1.165) is 36.2 Å². The fourth-order valence-corrected chi connectivity index (χ4v) is 3.87. The van der Waals surface area contributed by atoms with Gasteiger partial charge in [-0.1, -0.05) is 12.1 Å². The lowest BCUT2D eigenvalue weighted by molar-refractivity contribution is -0.137. The molecule has 0 bridgehead atoms. The minimum Gasteiger partial charge on any atom is -0.322 e. The molecule has 35 heavy (non-hydrogen) atoms. The molecule has 1 saturated heterocycles. The van der Waals surface area contributed by atoms with Crippen LogP contribution in [-0.2, 0) is 12.7 Å². The highest BCUT2D eigenvalue weighted by atomic mass is 19.4. The first kappa shape index (κ1) is 23.8. The Labute approximate surface area is 200 Å². The number of anilines is 2. The lowest BCUT2D eigenvalue weighted by Crippen LogP contribution is -2.49. The van der Waals surface area contributed by atoms with Crippen molar-refractivity contribution in [2.75, 3.05) is 23.3 Å². The van der Waals surface area contributed by atoms with Gasteiger partial charge in [-0.3, -0.25) is 9.69 Å². The summed E-state index contributed by atoms with van der Waals surface area (Å²) in [4.78, 5) is 28.8. The Bertz CT molecular complexity index is 1270. The lowest BCUT2D eigenvalue weighted by atomic mass is 10.1. The van der Waals surface area contributed by atoms with Gasteiger partial charge in [0.25, 0.3) is 5.91 Å². The Balaban J connectivity index is 1.40. The first-order valence-electron chi connectivity index (χ1n) is 10.9. The molecule has 6 nitrogen and oxygen atoms in total. The maximum Gasteiger partial charge on any atom is 0.416 e. The maximum absolute atomic E-state index is 13.1. The van der Waals surface area contributed by atoms with Crippen LogP contribution in [0.2, 0.25) is 0 Å². The molecular weight excluding hydrogens is 457 g/mol. The topological polar surface area (TPSA) is 76.4 Å². The Hall–Kier alpha value is -4.32. The first-order chi connectivity index (χ1) is 16.7. The van der Waals surface area contributed by atoms with Crippen molar-refractivity contribution < 1.29 is 22.8 Å². The van der Waals surface area contributed by atoms with E-state index in [2.05, 4.69) is 11.4 Å². The number of nitrogens with one attached hydrogen (secondary N) is 1. The summed E-state index contributed by atoms with van der Waals surface area (Å²) in [6.07, 6.45) is -3.69. The number of urea groups is 1. The van der Waals surface area contributed by atoms with Crippen LogP contribution in [0.1, 0.15) is 33.5 Å². The molecule has 178 valence electrons. The Morgan fingerprint density at radius 2 is 1.71 bits per heavy atom. The number of benzene rings is 3. The van der Waals surface area contributed by atoms with Crippen LogP contribution < -0.4 is 10.2 Å². The second kappa shape index (κ2) is 9.89. The van der Waals surface area contributed by atoms with E-state index in [0.29, 0.717) is 36.6 Å². The highest BCUT2D eigenvalue weighted by molar-refractivity contribution is 6.04. The molecule has 4 rings (SSSR count). The molecule has 1 N–H and O–H groups in total. The standard InChI is InChI=1S/C26H21F3N4O2/c27-26(28,29)21-7-5-20(6-8-21)24(34)31-22-9-11-23(12-10-22)33-14-2-13-32(25(33)35)17-19-4-1-3-18(15-19)16-30/h1,3-12,15H,2,13-14,17H2,(H,31,34). The maximum atomic E-state index is 13.1. The number of rotatable bonds is 5. The third kappa shape index (κ3) is 5.61. The fourth-order valence-electron chi connectivity index (χ4n) is 3.87. The first-order valence-corrected chi connectivity index (χ1v) is 10.9. The van der Waals surface area contributed by atoms with Crippen molar-refractivity contribution in [3.05, 3.63) is 95.1 Å². The molecule has 3 amide bonds. The van der Waals surface area contributed by atoms with Gasteiger partial charge in [0.2, 0.25) is 0 Å². The quantitative estimate of drug-likeness (QED) is 0.514. The molecule has 1 aliphatic rings. The average molecular weight is 478 g/mol. The molecule has 0 aromatic heterocycles. The molecule has 0 atom stereocenters. The monoisotopic (exact) mass is 478 g/mol. The van der Waals surface area contributed by atoms with Crippen molar-refractivity contribution in [2.45, 2.75) is 19.1 Å². The zero-order chi connectivity index (χ0) is 25.0. The average Bonchev–Trinajstić information content (AvgIpc) is 2.85. The molecule has 0 radical (unpaired) electrons. The molecule has 9 heteroatoms. The van der Waals surface area contributed by atoms with E-state index in [-0.39, 0.29) is 11.6 Å². The number of carbonyl (C=O) groups is 2. The number of amides is 3. The third-order valence-electron chi connectivity index (χ3n) is 5.65. The van der Waals surface area contributed by atoms with Gasteiger partial charge in [-0.15, -0.1) is 0 Å². The van der Waals surface area contributed by atoms with E-state index in [1.807, 2.05) is 6.07 Å². The lowest BCUT2D eigenvalue weighted by Gasteiger charge is -2.35. The second-order valence-electron chi connectivity index (χ2n) is 8.10. The van der Waals surface area contributed by atoms with Gasteiger partial charge < -0.3 is 10.2 Å². The van der Waals surface area contributed by atoms with E-state index in [9.17, 15) is 22.8 Å². The van der Waals surface area contributed by atoms with Crippen LogP contribution in [-0.4, -0.2) is 29.9 Å². The van der Waals surface area contributed by atoms with E-state index in [1.54, 1.807) is 52.3 Å². The highest BCUT2D eigenvalue weighted by Crippen LogP contribution is 2.29. The molecule has 0 unspecified atom stereocenters. The van der Waals surface area contributed by atoms with Crippen molar-refractivity contribution in [3.63, 3.8) is 0 Å². The number of alkyl halides is 3. The zero-order valence-corrected chi connectivity index (χ0v) is 18.5. The number of nitrogens with zero attached hydrogens (tertiary/aromatic N) is 3. The summed E-state index contributed by atoms with van der Waals surface area (Å²) in [5.74, 6) is -0.536. The van der Waals surface area contributed by atoms with Gasteiger partial charge in [0, 0.05) is 36.6 Å². The van der Waals surface area contributed by atoms with Gasteiger partial charge in [-0.05, 0) is 72.6 Å². The van der Waals surface area contributed by atoms with Gasteiger partial charge in [0.15, 0.2) is 0 Å². The largest absolute Gasteiger partial charge is 0.416 e. The summed E-state index contributed by atoms with van der Waals surface area (Å²) < 4.78 is 38.1. The number of carbonyl (C=O) groups excluding carboxylic acids is 2. The van der Waals surface area contributed by atoms with Crippen LogP contribution in [0.3, 0.4) is 0 Å². The molecule has 1 fully saturated rings. The van der Waals surface area contributed by atoms with Gasteiger partial charge in [0.05, 0.1) is 17.2 Å². The minimum absolute atomic E-state index is 0.101. The van der Waals surface area contributed by atoms with Crippen molar-refractivity contribution in [3.8, 4) is 6.07 Å². The van der Waals surface area contributed by atoms with E-state index in [1.165, 1.54) is 0 Å². The Morgan fingerprint density at radius 3 is 2.37 bits per heavy atom. The molecule has 1 heterocycles. The predicted molar refractivity (Wildman–Crippen MR) is 125 cm³/mol. The van der Waals surface area contributed by atoms with Gasteiger partial charge in [-0.25, -0.2) is 4.79 Å². The summed E-state index contributed by atoms with van der Waals surface area (Å²) in [6, 6.07) is 19.8. The normalized spacial score (nSPS) is 13.9. The molecule has 3 aromatic carbocycles. The summed E-state index contributed by atoms with van der Waals surface area (Å²) >= 11 is 0. The van der Waals surface area contributed by atoms with Crippen LogP contribution in [0.15, 0.2) is 72.8 Å². The smallest absolute Gasteiger partial charge is 0.322 e. The van der Waals surface area contributed by atoms with Crippen LogP contribution in [0.5, 0.6) is 0 Å². The second-order valence-corrected chi connectivity index (χ2v) is 8.10. The van der Waals surface area contributed by atoms with E-state index < -0.39 is 17.6 Å². The predicted octanol–water partition coefficient (Wildman–Crippen LogP) is 5.66. The minimum atomic E-state index is -4.47. The summed E-state index contributed by atoms with van der Waals surface area (Å²) in [5.41, 5.74) is 1.81. The Kier molecular flexibility index (Phi) is 6.73. The zero-order valence-electron chi connectivity index (χ0n) is 18.5. The molecule has 0 saturated carbocycles. The number of hydrogen-bond donors (Lipinski definition) is 1. The van der Waals surface area contributed by atoms with Crippen LogP contribution in [0.25, 0.3) is 0 Å². The van der Waals surface area contributed by atoms with E-state index in [4.69, 9.17) is 5.26 Å². The van der Waals surface area contributed by atoms with Crippen LogP contribution in [0.4, 0.5) is 29.3 Å². The van der Waals surface area contributed by atoms with Crippen molar-refractivity contribution in [1.82, 2.24) is 4.90 Å². The molecule has 0 aliphatic carbocycles. The summed E-state index contributed by atoms with van der Waals surface area (Å²) in [5, 5.41) is 11.7. The molecular formula is C26H21F3N4O2. The van der Waals surface area contributed by atoms with Crippen LogP contribution >= 0.6 is 0 Å². The third-order valence-corrected chi connectivity index (χ3v) is 5.65. The van der Waals surface area contributed by atoms with E-state index >= 15 is 0 Å². The van der Waals surface area contributed by atoms with Crippen LogP contribution in [0, 0.1) is 11.3 Å². The fraction of sp³-hybridized carbons (Fsp3) is 0.192. The molecule has 0 spiro atoms. The molecule has 3 aromatic rings. The number of nitriles is 1. The highest BCUT2D eigenvalue weighted by Gasteiger charge is 2.30. The number of halogens is 3. The SMILES string of the molecule is N#Cc1cccc(CN2CCCN(c3ccc(NC(=O)c4ccc(C(F)(F)F)cc4)cc3)C2=O)c1. The van der Waals surface area contributed by atoms with Crippen molar-refractivity contribution in [1.29, 1.82) is 5.26 Å². The number of hydrogen-bond acceptors (Lipinski definition) is 3. The Morgan fingerprint density at radius 1 is 1.00 bits per heavy atom. The van der Waals surface area contributed by atoms with Gasteiger partial charge >= 0.3 is 12.2 Å². The summed E-state index contributed by atoms with van der Waals surface area (Å²) in [6.45, 7) is 1.55. The van der Waals surface area contributed by atoms with Gasteiger partial charge in [0.1, 0.15) is 0 Å². The molecule has 1 aliphatic heterocycles. The van der Waals surface area contributed by atoms with Crippen molar-refractivity contribution in [2.24, 2.45) is 0 Å². The summed E-state index contributed by atoms with van der Waals surface area (Å²) in [7, 11) is 0.